The Balaban J connectivity index is 1.52. The number of anilines is 1. The molecule has 1 unspecified atom stereocenters. The lowest BCUT2D eigenvalue weighted by Crippen LogP contribution is -2.36. The summed E-state index contributed by atoms with van der Waals surface area (Å²) in [6, 6.07) is 23.1. The van der Waals surface area contributed by atoms with Crippen molar-refractivity contribution in [1.82, 2.24) is 0 Å². The molecule has 1 fully saturated rings. The molecule has 0 amide bonds. The minimum atomic E-state index is -0.983. The number of piperidine rings is 1. The van der Waals surface area contributed by atoms with E-state index in [1.165, 1.54) is 0 Å². The fraction of sp³-hybridized carbons (Fsp3) is 0.310. The molecule has 7 heteroatoms. The van der Waals surface area contributed by atoms with E-state index < -0.39 is 5.97 Å². The van der Waals surface area contributed by atoms with Crippen molar-refractivity contribution in [2.75, 3.05) is 31.2 Å². The van der Waals surface area contributed by atoms with Gasteiger partial charge in [0.15, 0.2) is 0 Å². The molecule has 1 saturated heterocycles. The third-order valence-electron chi connectivity index (χ3n) is 6.52. The zero-order chi connectivity index (χ0) is 25.5. The lowest BCUT2D eigenvalue weighted by molar-refractivity contribution is -0.146. The van der Waals surface area contributed by atoms with Crippen LogP contribution in [-0.2, 0) is 14.3 Å². The summed E-state index contributed by atoms with van der Waals surface area (Å²) in [6.45, 7) is 3.40. The highest BCUT2D eigenvalue weighted by atomic mass is 35.5. The van der Waals surface area contributed by atoms with E-state index in [0.29, 0.717) is 17.2 Å². The van der Waals surface area contributed by atoms with E-state index in [2.05, 4.69) is 4.90 Å². The van der Waals surface area contributed by atoms with Gasteiger partial charge in [0.25, 0.3) is 0 Å². The summed E-state index contributed by atoms with van der Waals surface area (Å²) in [5.74, 6) is -1.14. The van der Waals surface area contributed by atoms with Crippen molar-refractivity contribution < 1.29 is 24.2 Å². The number of aliphatic carboxylic acids is 1. The average Bonchev–Trinajstić information content (AvgIpc) is 2.90. The second-order valence-corrected chi connectivity index (χ2v) is 9.25. The Morgan fingerprint density at radius 3 is 2.31 bits per heavy atom. The molecule has 0 aliphatic carbocycles. The van der Waals surface area contributed by atoms with Crippen molar-refractivity contribution in [1.29, 1.82) is 0 Å². The fourth-order valence-electron chi connectivity index (χ4n) is 4.76. The van der Waals surface area contributed by atoms with Crippen LogP contribution < -0.4 is 4.90 Å². The summed E-state index contributed by atoms with van der Waals surface area (Å²) in [5, 5.41) is 9.99. The number of hydrogen-bond donors (Lipinski definition) is 1. The smallest absolute Gasteiger partial charge is 0.338 e. The fourth-order valence-corrected chi connectivity index (χ4v) is 4.89. The van der Waals surface area contributed by atoms with Crippen LogP contribution in [0.4, 0.5) is 5.69 Å². The van der Waals surface area contributed by atoms with Crippen molar-refractivity contribution in [3.8, 4) is 11.1 Å². The molecule has 3 aromatic rings. The highest BCUT2D eigenvalue weighted by Gasteiger charge is 2.31. The number of carboxylic acid groups (broad SMARTS) is 1. The van der Waals surface area contributed by atoms with Crippen LogP contribution in [0.15, 0.2) is 72.8 Å². The highest BCUT2D eigenvalue weighted by Crippen LogP contribution is 2.39. The van der Waals surface area contributed by atoms with Gasteiger partial charge >= 0.3 is 11.9 Å². The van der Waals surface area contributed by atoms with E-state index in [-0.39, 0.29) is 24.6 Å². The predicted molar refractivity (Wildman–Crippen MR) is 141 cm³/mol. The highest BCUT2D eigenvalue weighted by molar-refractivity contribution is 6.30. The van der Waals surface area contributed by atoms with Crippen molar-refractivity contribution in [3.05, 3.63) is 88.9 Å². The number of carboxylic acids is 1. The molecular formula is C29H30ClNO5. The van der Waals surface area contributed by atoms with Gasteiger partial charge in [0, 0.05) is 23.8 Å². The van der Waals surface area contributed by atoms with Gasteiger partial charge in [-0.2, -0.15) is 0 Å². The van der Waals surface area contributed by atoms with E-state index in [0.717, 1.165) is 48.3 Å². The topological polar surface area (TPSA) is 76.1 Å². The maximum absolute atomic E-state index is 11.9. The van der Waals surface area contributed by atoms with Crippen LogP contribution in [0.3, 0.4) is 0 Å². The van der Waals surface area contributed by atoms with Crippen LogP contribution in [0.25, 0.3) is 11.1 Å². The van der Waals surface area contributed by atoms with Crippen molar-refractivity contribution in [2.24, 2.45) is 5.92 Å². The van der Waals surface area contributed by atoms with E-state index in [4.69, 9.17) is 21.1 Å². The molecule has 188 valence electrons. The second kappa shape index (κ2) is 12.1. The number of carbonyl (C=O) groups is 2. The molecule has 0 bridgehead atoms. The van der Waals surface area contributed by atoms with Crippen LogP contribution in [-0.4, -0.2) is 43.3 Å². The van der Waals surface area contributed by atoms with Gasteiger partial charge in [-0.25, -0.2) is 9.59 Å². The van der Waals surface area contributed by atoms with Crippen LogP contribution in [0.5, 0.6) is 0 Å². The van der Waals surface area contributed by atoms with Gasteiger partial charge in [0.05, 0.1) is 18.3 Å². The third-order valence-corrected chi connectivity index (χ3v) is 6.77. The molecule has 1 N–H and O–H groups in total. The van der Waals surface area contributed by atoms with Crippen LogP contribution in [0.2, 0.25) is 5.02 Å². The standard InChI is InChI=1S/C29H30ClNO5/c1-2-35-29(34)22-9-13-24(14-10-22)31-17-15-21(16-18-31)28(36-19-27(32)33)26-6-4-3-5-25(26)20-7-11-23(30)12-8-20/h3-14,21,28H,2,15-19H2,1H3,(H,32,33). The number of esters is 1. The maximum atomic E-state index is 11.9. The molecule has 3 aromatic carbocycles. The van der Waals surface area contributed by atoms with Crippen molar-refractivity contribution in [2.45, 2.75) is 25.9 Å². The first kappa shape index (κ1) is 25.7. The Morgan fingerprint density at radius 1 is 1.00 bits per heavy atom. The van der Waals surface area contributed by atoms with Crippen LogP contribution in [0.1, 0.15) is 41.8 Å². The number of ether oxygens (including phenoxy) is 2. The minimum absolute atomic E-state index is 0.160. The van der Waals surface area contributed by atoms with E-state index in [1.807, 2.05) is 60.7 Å². The number of hydrogen-bond acceptors (Lipinski definition) is 5. The molecule has 1 atom stereocenters. The molecule has 36 heavy (non-hydrogen) atoms. The van der Waals surface area contributed by atoms with Gasteiger partial charge in [-0.3, -0.25) is 0 Å². The SMILES string of the molecule is CCOC(=O)c1ccc(N2CCC(C(OCC(=O)O)c3ccccc3-c3ccc(Cl)cc3)CC2)cc1. The van der Waals surface area contributed by atoms with Crippen LogP contribution in [0, 0.1) is 5.92 Å². The van der Waals surface area contributed by atoms with E-state index >= 15 is 0 Å². The number of nitrogens with zero attached hydrogens (tertiary/aromatic N) is 1. The number of halogens is 1. The lowest BCUT2D eigenvalue weighted by Gasteiger charge is -2.37. The van der Waals surface area contributed by atoms with E-state index in [9.17, 15) is 14.7 Å². The second-order valence-electron chi connectivity index (χ2n) is 8.81. The molecule has 0 spiro atoms. The monoisotopic (exact) mass is 507 g/mol. The van der Waals surface area contributed by atoms with Gasteiger partial charge in [-0.05, 0) is 78.8 Å². The zero-order valence-corrected chi connectivity index (χ0v) is 21.0. The van der Waals surface area contributed by atoms with Gasteiger partial charge in [-0.1, -0.05) is 48.0 Å². The Hall–Kier alpha value is -3.35. The van der Waals surface area contributed by atoms with E-state index in [1.54, 1.807) is 19.1 Å². The zero-order valence-electron chi connectivity index (χ0n) is 20.2. The summed E-state index contributed by atoms with van der Waals surface area (Å²) < 4.78 is 11.1. The Morgan fingerprint density at radius 2 is 1.67 bits per heavy atom. The molecule has 0 radical (unpaired) electrons. The van der Waals surface area contributed by atoms with Crippen LogP contribution >= 0.6 is 11.6 Å². The van der Waals surface area contributed by atoms with Gasteiger partial charge < -0.3 is 19.5 Å². The minimum Gasteiger partial charge on any atom is -0.480 e. The van der Waals surface area contributed by atoms with Gasteiger partial charge in [0.2, 0.25) is 0 Å². The van der Waals surface area contributed by atoms with Gasteiger partial charge in [0.1, 0.15) is 6.61 Å². The quantitative estimate of drug-likeness (QED) is 0.345. The molecule has 1 aliphatic rings. The summed E-state index contributed by atoms with van der Waals surface area (Å²) in [7, 11) is 0. The average molecular weight is 508 g/mol. The summed E-state index contributed by atoms with van der Waals surface area (Å²) in [4.78, 5) is 25.6. The number of benzene rings is 3. The lowest BCUT2D eigenvalue weighted by atomic mass is 9.84. The summed E-state index contributed by atoms with van der Waals surface area (Å²) in [5.41, 5.74) is 4.60. The number of rotatable bonds is 9. The molecule has 0 saturated carbocycles. The molecule has 0 aromatic heterocycles. The largest absolute Gasteiger partial charge is 0.480 e. The molecule has 1 heterocycles. The number of carbonyl (C=O) groups excluding carboxylic acids is 1. The first-order chi connectivity index (χ1) is 17.5. The first-order valence-electron chi connectivity index (χ1n) is 12.2. The van der Waals surface area contributed by atoms with Crippen molar-refractivity contribution >= 4 is 29.2 Å². The summed E-state index contributed by atoms with van der Waals surface area (Å²) in [6.07, 6.45) is 1.35. The third kappa shape index (κ3) is 6.25. The Kier molecular flexibility index (Phi) is 8.62. The Bertz CT molecular complexity index is 1170. The predicted octanol–water partition coefficient (Wildman–Crippen LogP) is 6.24. The summed E-state index contributed by atoms with van der Waals surface area (Å²) >= 11 is 6.09. The molecular weight excluding hydrogens is 478 g/mol. The Labute approximate surface area is 216 Å². The van der Waals surface area contributed by atoms with Crippen molar-refractivity contribution in [3.63, 3.8) is 0 Å². The first-order valence-corrected chi connectivity index (χ1v) is 12.5. The maximum Gasteiger partial charge on any atom is 0.338 e. The molecule has 4 rings (SSSR count). The normalized spacial score (nSPS) is 14.9. The molecule has 6 nitrogen and oxygen atoms in total. The molecule has 1 aliphatic heterocycles. The van der Waals surface area contributed by atoms with Gasteiger partial charge in [-0.15, -0.1) is 0 Å².